The monoisotopic (exact) mass is 817 g/mol. The second-order valence-electron chi connectivity index (χ2n) is 13.8. The molecule has 5 rings (SSSR count). The molecule has 4 aromatic rings. The number of fused-ring (bicyclic) bond motifs is 1. The van der Waals surface area contributed by atoms with Crippen LogP contribution < -0.4 is 15.7 Å². The van der Waals surface area contributed by atoms with Crippen LogP contribution in [0.4, 0.5) is 5.69 Å². The van der Waals surface area contributed by atoms with Gasteiger partial charge in [-0.3, -0.25) is 24.7 Å². The summed E-state index contributed by atoms with van der Waals surface area (Å²) in [6.07, 6.45) is -1.88. The lowest BCUT2D eigenvalue weighted by atomic mass is 10.2. The number of hydrogen-bond acceptors (Lipinski definition) is 12. The van der Waals surface area contributed by atoms with Gasteiger partial charge in [-0.05, 0) is 71.2 Å². The van der Waals surface area contributed by atoms with Gasteiger partial charge in [-0.25, -0.2) is 14.4 Å². The van der Waals surface area contributed by atoms with Gasteiger partial charge in [0.15, 0.2) is 18.3 Å². The molecule has 0 bridgehead atoms. The molecule has 0 fully saturated rings. The average Bonchev–Trinajstić information content (AvgIpc) is 3.62. The summed E-state index contributed by atoms with van der Waals surface area (Å²) in [4.78, 5) is 67.2. The van der Waals surface area contributed by atoms with E-state index in [-0.39, 0.29) is 12.5 Å². The van der Waals surface area contributed by atoms with Crippen molar-refractivity contribution in [1.82, 2.24) is 14.9 Å². The van der Waals surface area contributed by atoms with Gasteiger partial charge in [0.2, 0.25) is 5.96 Å². The van der Waals surface area contributed by atoms with Gasteiger partial charge in [-0.1, -0.05) is 81.4 Å². The van der Waals surface area contributed by atoms with E-state index < -0.39 is 61.6 Å². The standard InChI is InChI=1S/C39H44BrN5O8Si/c1-24(34(46)45-23-22-43-38(45)44-30-18-19-31-33(32(30)40)42-21-20-41-31)50-35(47)25(2)51-36(48)26(3)52-37(49)27(4)53-54(39(5,6)7,28-14-10-8-11-15-28)29-16-12-9-13-17-29/h8-21,24-27H,22-23H2,1-7H3,(H,43,44)/t24-,25-,26-,27-/m0/s1. The van der Waals surface area contributed by atoms with Crippen LogP contribution in [-0.2, 0) is 37.8 Å². The van der Waals surface area contributed by atoms with Crippen molar-refractivity contribution in [3.8, 4) is 0 Å². The third-order valence-electron chi connectivity index (χ3n) is 8.92. The van der Waals surface area contributed by atoms with Gasteiger partial charge in [0.25, 0.3) is 14.2 Å². The first kappa shape index (κ1) is 40.2. The fourth-order valence-electron chi connectivity index (χ4n) is 6.17. The van der Waals surface area contributed by atoms with Gasteiger partial charge in [-0.15, -0.1) is 0 Å². The summed E-state index contributed by atoms with van der Waals surface area (Å²) in [6, 6.07) is 23.2. The third kappa shape index (κ3) is 8.69. The second-order valence-corrected chi connectivity index (χ2v) is 18.9. The number of esters is 3. The molecule has 1 aliphatic rings. The summed E-state index contributed by atoms with van der Waals surface area (Å²) in [6.45, 7) is 12.5. The van der Waals surface area contributed by atoms with Crippen LogP contribution in [0.25, 0.3) is 11.0 Å². The molecule has 1 aliphatic heterocycles. The average molecular weight is 819 g/mol. The van der Waals surface area contributed by atoms with Gasteiger partial charge in [0, 0.05) is 18.9 Å². The summed E-state index contributed by atoms with van der Waals surface area (Å²) in [5.74, 6) is -2.93. The zero-order valence-electron chi connectivity index (χ0n) is 31.2. The van der Waals surface area contributed by atoms with Gasteiger partial charge in [0.05, 0.1) is 22.2 Å². The molecule has 284 valence electrons. The predicted molar refractivity (Wildman–Crippen MR) is 210 cm³/mol. The molecule has 2 heterocycles. The molecule has 1 aromatic heterocycles. The summed E-state index contributed by atoms with van der Waals surface area (Å²) in [5.41, 5.74) is 1.94. The van der Waals surface area contributed by atoms with Crippen LogP contribution in [0.3, 0.4) is 0 Å². The highest BCUT2D eigenvalue weighted by Crippen LogP contribution is 2.37. The van der Waals surface area contributed by atoms with E-state index in [0.29, 0.717) is 27.7 Å². The Morgan fingerprint density at radius 3 is 1.81 bits per heavy atom. The first-order chi connectivity index (χ1) is 25.6. The minimum atomic E-state index is -3.09. The number of hydrogen-bond donors (Lipinski definition) is 1. The first-order valence-electron chi connectivity index (χ1n) is 17.6. The van der Waals surface area contributed by atoms with Crippen LogP contribution in [0.2, 0.25) is 5.04 Å². The summed E-state index contributed by atoms with van der Waals surface area (Å²) in [7, 11) is -3.09. The highest BCUT2D eigenvalue weighted by atomic mass is 79.9. The van der Waals surface area contributed by atoms with Crippen LogP contribution in [0.5, 0.6) is 0 Å². The SMILES string of the molecule is C[C@H](OC(=O)[C@H](C)O[Si](c1ccccc1)(c1ccccc1)C(C)(C)C)C(=O)O[C@@H](C)C(=O)O[C@@H](C)C(=O)N1CCN=C1Nc1ccc2nccnc2c1Br. The number of rotatable bonds is 12. The zero-order valence-corrected chi connectivity index (χ0v) is 33.8. The molecule has 54 heavy (non-hydrogen) atoms. The van der Waals surface area contributed by atoms with Crippen molar-refractivity contribution in [2.75, 3.05) is 18.4 Å². The number of benzene rings is 3. The van der Waals surface area contributed by atoms with Gasteiger partial charge < -0.3 is 24.0 Å². The summed E-state index contributed by atoms with van der Waals surface area (Å²) in [5, 5.41) is 4.71. The molecular weight excluding hydrogens is 774 g/mol. The highest BCUT2D eigenvalue weighted by molar-refractivity contribution is 9.10. The highest BCUT2D eigenvalue weighted by Gasteiger charge is 2.52. The smallest absolute Gasteiger partial charge is 0.347 e. The number of carbonyl (C=O) groups excluding carboxylic acids is 4. The Morgan fingerprint density at radius 2 is 1.26 bits per heavy atom. The van der Waals surface area contributed by atoms with Crippen molar-refractivity contribution in [2.24, 2.45) is 4.99 Å². The van der Waals surface area contributed by atoms with E-state index in [9.17, 15) is 19.2 Å². The lowest BCUT2D eigenvalue weighted by Gasteiger charge is -2.44. The van der Waals surface area contributed by atoms with Crippen molar-refractivity contribution in [3.63, 3.8) is 0 Å². The second kappa shape index (κ2) is 17.0. The Balaban J connectivity index is 1.17. The maximum atomic E-state index is 13.4. The van der Waals surface area contributed by atoms with E-state index in [1.54, 1.807) is 31.5 Å². The Kier molecular flexibility index (Phi) is 12.7. The number of amides is 1. The van der Waals surface area contributed by atoms with E-state index in [1.165, 1.54) is 25.7 Å². The lowest BCUT2D eigenvalue weighted by molar-refractivity contribution is -0.181. The largest absolute Gasteiger partial charge is 0.450 e. The molecule has 0 saturated heterocycles. The number of nitrogens with one attached hydrogen (secondary N) is 1. The van der Waals surface area contributed by atoms with Gasteiger partial charge in [0.1, 0.15) is 11.6 Å². The Bertz CT molecular complexity index is 1990. The third-order valence-corrected chi connectivity index (χ3v) is 14.8. The zero-order chi connectivity index (χ0) is 39.2. The van der Waals surface area contributed by atoms with Crippen molar-refractivity contribution in [3.05, 3.63) is 89.7 Å². The van der Waals surface area contributed by atoms with Gasteiger partial charge in [-0.2, -0.15) is 0 Å². The molecule has 3 aromatic carbocycles. The van der Waals surface area contributed by atoms with Crippen molar-refractivity contribution in [1.29, 1.82) is 0 Å². The number of ether oxygens (including phenoxy) is 3. The molecule has 15 heteroatoms. The number of nitrogens with zero attached hydrogens (tertiary/aromatic N) is 4. The minimum Gasteiger partial charge on any atom is -0.450 e. The number of aliphatic imine (C=N–C) groups is 1. The maximum Gasteiger partial charge on any atom is 0.347 e. The fourth-order valence-corrected chi connectivity index (χ4v) is 11.3. The quantitative estimate of drug-likeness (QED) is 0.119. The van der Waals surface area contributed by atoms with Crippen molar-refractivity contribution in [2.45, 2.75) is 77.9 Å². The molecular formula is C39H44BrN5O8Si. The topological polar surface area (TPSA) is 159 Å². The fraction of sp³-hybridized carbons (Fsp3) is 0.359. The molecule has 1 N–H and O–H groups in total. The van der Waals surface area contributed by atoms with Crippen LogP contribution in [0.15, 0.2) is 94.7 Å². The molecule has 1 amide bonds. The van der Waals surface area contributed by atoms with E-state index in [0.717, 1.165) is 10.4 Å². The molecule has 0 spiro atoms. The Morgan fingerprint density at radius 1 is 0.741 bits per heavy atom. The summed E-state index contributed by atoms with van der Waals surface area (Å²) >= 11 is 3.54. The predicted octanol–water partition coefficient (Wildman–Crippen LogP) is 4.76. The molecule has 4 atom stereocenters. The van der Waals surface area contributed by atoms with Crippen LogP contribution in [-0.4, -0.2) is 90.5 Å². The summed E-state index contributed by atoms with van der Waals surface area (Å²) < 4.78 is 23.6. The minimum absolute atomic E-state index is 0.264. The normalized spacial score (nSPS) is 15.4. The van der Waals surface area contributed by atoms with Crippen molar-refractivity contribution < 1.29 is 37.8 Å². The van der Waals surface area contributed by atoms with Crippen LogP contribution in [0, 0.1) is 0 Å². The number of anilines is 1. The number of halogens is 1. The first-order valence-corrected chi connectivity index (χ1v) is 20.3. The number of guanidine groups is 1. The molecule has 0 aliphatic carbocycles. The Hall–Kier alpha value is -4.99. The molecule has 13 nitrogen and oxygen atoms in total. The maximum absolute atomic E-state index is 13.4. The lowest BCUT2D eigenvalue weighted by Crippen LogP contribution is -2.68. The molecule has 0 unspecified atom stereocenters. The number of carbonyl (C=O) groups is 4. The Labute approximate surface area is 323 Å². The van der Waals surface area contributed by atoms with E-state index in [4.69, 9.17) is 18.6 Å². The van der Waals surface area contributed by atoms with E-state index in [2.05, 4.69) is 57.0 Å². The van der Waals surface area contributed by atoms with E-state index in [1.807, 2.05) is 60.7 Å². The van der Waals surface area contributed by atoms with Gasteiger partial charge >= 0.3 is 17.9 Å². The number of aromatic nitrogens is 2. The van der Waals surface area contributed by atoms with Crippen molar-refractivity contribution >= 4 is 81.1 Å². The van der Waals surface area contributed by atoms with Crippen LogP contribution in [0.1, 0.15) is 48.5 Å². The molecule has 0 radical (unpaired) electrons. The van der Waals surface area contributed by atoms with E-state index >= 15 is 0 Å². The van der Waals surface area contributed by atoms with Crippen LogP contribution >= 0.6 is 15.9 Å². The molecule has 0 saturated carbocycles.